The zero-order valence-electron chi connectivity index (χ0n) is 11.1. The smallest absolute Gasteiger partial charge is 0.416 e. The lowest BCUT2D eigenvalue weighted by Crippen LogP contribution is -2.22. The van der Waals surface area contributed by atoms with Gasteiger partial charge in [-0.25, -0.2) is 0 Å². The van der Waals surface area contributed by atoms with Gasteiger partial charge in [-0.1, -0.05) is 19.1 Å². The molecule has 1 atom stereocenters. The summed E-state index contributed by atoms with van der Waals surface area (Å²) in [5.74, 6) is 0.693. The van der Waals surface area contributed by atoms with Gasteiger partial charge in [-0.15, -0.1) is 0 Å². The predicted octanol–water partition coefficient (Wildman–Crippen LogP) is 4.39. The van der Waals surface area contributed by atoms with Gasteiger partial charge in [0.15, 0.2) is 0 Å². The Morgan fingerprint density at radius 1 is 1.15 bits per heavy atom. The monoisotopic (exact) mass is 283 g/mol. The quantitative estimate of drug-likeness (QED) is 0.880. The molecule has 2 aromatic rings. The van der Waals surface area contributed by atoms with E-state index in [9.17, 15) is 13.2 Å². The van der Waals surface area contributed by atoms with Crippen LogP contribution in [0.3, 0.4) is 0 Å². The van der Waals surface area contributed by atoms with Gasteiger partial charge in [0.05, 0.1) is 17.9 Å². The van der Waals surface area contributed by atoms with Crippen molar-refractivity contribution in [3.8, 4) is 0 Å². The maximum absolute atomic E-state index is 12.6. The van der Waals surface area contributed by atoms with Crippen LogP contribution in [0.5, 0.6) is 0 Å². The Hall–Kier alpha value is -1.75. The average Bonchev–Trinajstić information content (AvgIpc) is 2.93. The SMILES string of the molecule is CCCNC(c1ccc(C(F)(F)F)cc1)c1ccco1. The van der Waals surface area contributed by atoms with Crippen LogP contribution in [0, 0.1) is 0 Å². The normalized spacial score (nSPS) is 13.4. The van der Waals surface area contributed by atoms with Crippen molar-refractivity contribution in [3.05, 3.63) is 59.5 Å². The van der Waals surface area contributed by atoms with Crippen LogP contribution < -0.4 is 5.32 Å². The van der Waals surface area contributed by atoms with E-state index in [0.29, 0.717) is 5.76 Å². The first-order valence-electron chi connectivity index (χ1n) is 6.46. The number of benzene rings is 1. The van der Waals surface area contributed by atoms with Crippen LogP contribution in [0.2, 0.25) is 0 Å². The highest BCUT2D eigenvalue weighted by atomic mass is 19.4. The van der Waals surface area contributed by atoms with E-state index in [1.807, 2.05) is 13.0 Å². The Morgan fingerprint density at radius 2 is 1.85 bits per heavy atom. The van der Waals surface area contributed by atoms with E-state index in [4.69, 9.17) is 4.42 Å². The zero-order valence-corrected chi connectivity index (χ0v) is 11.1. The molecule has 2 rings (SSSR count). The van der Waals surface area contributed by atoms with Crippen molar-refractivity contribution in [2.75, 3.05) is 6.54 Å². The summed E-state index contributed by atoms with van der Waals surface area (Å²) in [5.41, 5.74) is 0.108. The summed E-state index contributed by atoms with van der Waals surface area (Å²) >= 11 is 0. The molecule has 5 heteroatoms. The summed E-state index contributed by atoms with van der Waals surface area (Å²) in [5, 5.41) is 3.27. The standard InChI is InChI=1S/C15H16F3NO/c1-2-9-19-14(13-4-3-10-20-13)11-5-7-12(8-6-11)15(16,17)18/h3-8,10,14,19H,2,9H2,1H3. The first-order chi connectivity index (χ1) is 9.52. The van der Waals surface area contributed by atoms with Gasteiger partial charge in [0.1, 0.15) is 5.76 Å². The van der Waals surface area contributed by atoms with Crippen LogP contribution in [0.4, 0.5) is 13.2 Å². The minimum atomic E-state index is -4.31. The maximum atomic E-state index is 12.6. The molecule has 20 heavy (non-hydrogen) atoms. The molecule has 0 fully saturated rings. The van der Waals surface area contributed by atoms with Gasteiger partial charge in [-0.05, 0) is 42.8 Å². The molecule has 108 valence electrons. The summed E-state index contributed by atoms with van der Waals surface area (Å²) in [6.45, 7) is 2.78. The number of hydrogen-bond acceptors (Lipinski definition) is 2. The predicted molar refractivity (Wildman–Crippen MR) is 70.3 cm³/mol. The van der Waals surface area contributed by atoms with Gasteiger partial charge in [0.2, 0.25) is 0 Å². The Balaban J connectivity index is 2.25. The van der Waals surface area contributed by atoms with Crippen molar-refractivity contribution in [2.24, 2.45) is 0 Å². The third kappa shape index (κ3) is 3.42. The summed E-state index contributed by atoms with van der Waals surface area (Å²) < 4.78 is 43.0. The Bertz CT molecular complexity index is 517. The van der Waals surface area contributed by atoms with Gasteiger partial charge in [0, 0.05) is 0 Å². The largest absolute Gasteiger partial charge is 0.467 e. The van der Waals surface area contributed by atoms with E-state index in [-0.39, 0.29) is 6.04 Å². The molecule has 0 saturated carbocycles. The van der Waals surface area contributed by atoms with Crippen LogP contribution in [0.25, 0.3) is 0 Å². The first-order valence-corrected chi connectivity index (χ1v) is 6.46. The molecule has 1 unspecified atom stereocenters. The minimum Gasteiger partial charge on any atom is -0.467 e. The highest BCUT2D eigenvalue weighted by Gasteiger charge is 2.30. The van der Waals surface area contributed by atoms with Crippen LogP contribution >= 0.6 is 0 Å². The molecule has 0 aliphatic rings. The number of rotatable bonds is 5. The van der Waals surface area contributed by atoms with E-state index >= 15 is 0 Å². The summed E-state index contributed by atoms with van der Waals surface area (Å²) in [6, 6.07) is 8.51. The molecule has 1 aromatic heterocycles. The van der Waals surface area contributed by atoms with Crippen molar-refractivity contribution in [1.29, 1.82) is 0 Å². The highest BCUT2D eigenvalue weighted by Crippen LogP contribution is 2.31. The molecule has 0 amide bonds. The average molecular weight is 283 g/mol. The fourth-order valence-electron chi connectivity index (χ4n) is 1.99. The second-order valence-electron chi connectivity index (χ2n) is 4.52. The Kier molecular flexibility index (Phi) is 4.49. The topological polar surface area (TPSA) is 25.2 Å². The summed E-state index contributed by atoms with van der Waals surface area (Å²) in [4.78, 5) is 0. The highest BCUT2D eigenvalue weighted by molar-refractivity contribution is 5.31. The van der Waals surface area contributed by atoms with Gasteiger partial charge in [-0.2, -0.15) is 13.2 Å². The fourth-order valence-corrected chi connectivity index (χ4v) is 1.99. The van der Waals surface area contributed by atoms with Gasteiger partial charge < -0.3 is 9.73 Å². The third-order valence-corrected chi connectivity index (χ3v) is 3.00. The molecule has 0 bridgehead atoms. The van der Waals surface area contributed by atoms with E-state index in [1.54, 1.807) is 12.3 Å². The van der Waals surface area contributed by atoms with Crippen molar-refractivity contribution in [1.82, 2.24) is 5.32 Å². The number of alkyl halides is 3. The van der Waals surface area contributed by atoms with Crippen molar-refractivity contribution in [3.63, 3.8) is 0 Å². The molecular weight excluding hydrogens is 267 g/mol. The number of furan rings is 1. The molecule has 0 aliphatic carbocycles. The fraction of sp³-hybridized carbons (Fsp3) is 0.333. The van der Waals surface area contributed by atoms with Crippen LogP contribution in [0.15, 0.2) is 47.1 Å². The molecule has 0 saturated heterocycles. The molecule has 1 N–H and O–H groups in total. The number of nitrogens with one attached hydrogen (secondary N) is 1. The first kappa shape index (κ1) is 14.7. The zero-order chi connectivity index (χ0) is 14.6. The molecule has 1 heterocycles. The maximum Gasteiger partial charge on any atom is 0.416 e. The summed E-state index contributed by atoms with van der Waals surface area (Å²) in [6.07, 6.45) is -1.83. The molecule has 2 nitrogen and oxygen atoms in total. The third-order valence-electron chi connectivity index (χ3n) is 3.00. The van der Waals surface area contributed by atoms with E-state index < -0.39 is 11.7 Å². The lowest BCUT2D eigenvalue weighted by Gasteiger charge is -2.17. The summed E-state index contributed by atoms with van der Waals surface area (Å²) in [7, 11) is 0. The van der Waals surface area contributed by atoms with Gasteiger partial charge in [0.25, 0.3) is 0 Å². The van der Waals surface area contributed by atoms with E-state index in [1.165, 1.54) is 12.1 Å². The minimum absolute atomic E-state index is 0.229. The van der Waals surface area contributed by atoms with Crippen molar-refractivity contribution in [2.45, 2.75) is 25.6 Å². The number of hydrogen-bond donors (Lipinski definition) is 1. The number of halogens is 3. The van der Waals surface area contributed by atoms with Crippen molar-refractivity contribution < 1.29 is 17.6 Å². The van der Waals surface area contributed by atoms with Gasteiger partial charge in [-0.3, -0.25) is 0 Å². The van der Waals surface area contributed by atoms with Crippen molar-refractivity contribution >= 4 is 0 Å². The lowest BCUT2D eigenvalue weighted by atomic mass is 10.0. The Labute approximate surface area is 115 Å². The molecular formula is C15H16F3NO. The molecule has 0 radical (unpaired) electrons. The lowest BCUT2D eigenvalue weighted by molar-refractivity contribution is -0.137. The van der Waals surface area contributed by atoms with Gasteiger partial charge >= 0.3 is 6.18 Å². The Morgan fingerprint density at radius 3 is 2.35 bits per heavy atom. The van der Waals surface area contributed by atoms with Crippen LogP contribution in [-0.2, 0) is 6.18 Å². The second-order valence-corrected chi connectivity index (χ2v) is 4.52. The molecule has 1 aromatic carbocycles. The second kappa shape index (κ2) is 6.13. The van der Waals surface area contributed by atoms with E-state index in [0.717, 1.165) is 30.7 Å². The molecule has 0 aliphatic heterocycles. The van der Waals surface area contributed by atoms with Crippen LogP contribution in [-0.4, -0.2) is 6.54 Å². The van der Waals surface area contributed by atoms with Crippen LogP contribution in [0.1, 0.15) is 36.3 Å². The van der Waals surface area contributed by atoms with E-state index in [2.05, 4.69) is 5.32 Å². The molecule has 0 spiro atoms.